The second kappa shape index (κ2) is 9.15. The Hall–Kier alpha value is -2.09. The van der Waals surface area contributed by atoms with Crippen LogP contribution >= 0.6 is 0 Å². The first kappa shape index (κ1) is 21.6. The van der Waals surface area contributed by atoms with Crippen molar-refractivity contribution in [3.05, 3.63) is 29.3 Å². The Bertz CT molecular complexity index is 756. The van der Waals surface area contributed by atoms with E-state index in [0.29, 0.717) is 49.4 Å². The molecule has 1 atom stereocenters. The first-order valence-corrected chi connectivity index (χ1v) is 10.0. The lowest BCUT2D eigenvalue weighted by atomic mass is 9.75. The summed E-state index contributed by atoms with van der Waals surface area (Å²) in [6.45, 7) is 0.893. The van der Waals surface area contributed by atoms with Crippen LogP contribution in [0.4, 0.5) is 13.2 Å². The molecule has 3 rings (SSSR count). The average Bonchev–Trinajstić information content (AvgIpc) is 2.99. The Morgan fingerprint density at radius 2 is 1.90 bits per heavy atom. The van der Waals surface area contributed by atoms with Crippen molar-refractivity contribution in [2.24, 2.45) is 21.6 Å². The van der Waals surface area contributed by atoms with Crippen LogP contribution in [0.25, 0.3) is 0 Å². The van der Waals surface area contributed by atoms with Gasteiger partial charge in [-0.05, 0) is 57.2 Å². The molecule has 0 amide bonds. The highest BCUT2D eigenvalue weighted by Crippen LogP contribution is 2.47. The highest BCUT2D eigenvalue weighted by Gasteiger charge is 2.46. The van der Waals surface area contributed by atoms with E-state index in [0.717, 1.165) is 11.1 Å². The van der Waals surface area contributed by atoms with Crippen LogP contribution in [0.15, 0.2) is 28.2 Å². The van der Waals surface area contributed by atoms with Gasteiger partial charge in [-0.3, -0.25) is 9.38 Å². The molecule has 0 unspecified atom stereocenters. The number of aliphatic imine (C=N–C) groups is 2. The van der Waals surface area contributed by atoms with E-state index >= 15 is 0 Å². The molecule has 2 N–H and O–H groups in total. The van der Waals surface area contributed by atoms with Crippen LogP contribution in [0, 0.1) is 12.8 Å². The molecular formula is C21H28F3N3O2. The molecule has 5 nitrogen and oxygen atoms in total. The summed E-state index contributed by atoms with van der Waals surface area (Å²) in [7, 11) is 0. The number of nitrogens with two attached hydrogens (primary N) is 1. The lowest BCUT2D eigenvalue weighted by Crippen LogP contribution is -2.36. The third kappa shape index (κ3) is 4.74. The Labute approximate surface area is 169 Å². The van der Waals surface area contributed by atoms with E-state index in [1.807, 2.05) is 32.0 Å². The number of aryl methyl sites for hydroxylation is 1. The van der Waals surface area contributed by atoms with Gasteiger partial charge in [0, 0.05) is 17.9 Å². The summed E-state index contributed by atoms with van der Waals surface area (Å²) < 4.78 is 47.9. The number of halogens is 3. The minimum absolute atomic E-state index is 0.0100. The van der Waals surface area contributed by atoms with Crippen molar-refractivity contribution in [1.82, 2.24) is 0 Å². The maximum atomic E-state index is 12.6. The van der Waals surface area contributed by atoms with Crippen molar-refractivity contribution >= 4 is 11.5 Å². The van der Waals surface area contributed by atoms with Gasteiger partial charge in [-0.15, -0.1) is 0 Å². The van der Waals surface area contributed by atoms with Gasteiger partial charge in [-0.2, -0.15) is 8.78 Å². The van der Waals surface area contributed by atoms with Gasteiger partial charge in [0.25, 0.3) is 0 Å². The fourth-order valence-electron chi connectivity index (χ4n) is 4.20. The predicted molar refractivity (Wildman–Crippen MR) is 107 cm³/mol. The van der Waals surface area contributed by atoms with Crippen molar-refractivity contribution in [3.63, 3.8) is 0 Å². The van der Waals surface area contributed by atoms with Gasteiger partial charge in [0.15, 0.2) is 5.66 Å². The number of hydrogen-bond donors (Lipinski definition) is 1. The van der Waals surface area contributed by atoms with Crippen LogP contribution in [0.1, 0.15) is 50.2 Å². The smallest absolute Gasteiger partial charge is 0.345 e. The van der Waals surface area contributed by atoms with Gasteiger partial charge in [0.1, 0.15) is 11.6 Å². The zero-order chi connectivity index (χ0) is 21.0. The SMILES string of the molecule is CC1=N[C@](c2cc(OCCCF)ccc2C)(C2CCC(OC(F)F)CC2)N=C1N. The Morgan fingerprint density at radius 3 is 2.48 bits per heavy atom. The number of rotatable bonds is 8. The summed E-state index contributed by atoms with van der Waals surface area (Å²) in [4.78, 5) is 9.63. The summed E-state index contributed by atoms with van der Waals surface area (Å²) in [5.41, 5.74) is 7.74. The molecule has 0 radical (unpaired) electrons. The molecule has 1 fully saturated rings. The number of benzene rings is 1. The molecule has 1 saturated carbocycles. The summed E-state index contributed by atoms with van der Waals surface area (Å²) in [5, 5.41) is 0. The van der Waals surface area contributed by atoms with E-state index in [9.17, 15) is 13.2 Å². The van der Waals surface area contributed by atoms with Gasteiger partial charge < -0.3 is 15.2 Å². The van der Waals surface area contributed by atoms with Gasteiger partial charge in [0.05, 0.1) is 25.1 Å². The Balaban J connectivity index is 1.90. The Morgan fingerprint density at radius 1 is 1.17 bits per heavy atom. The van der Waals surface area contributed by atoms with Crippen LogP contribution < -0.4 is 10.5 Å². The molecule has 0 saturated heterocycles. The first-order chi connectivity index (χ1) is 13.9. The van der Waals surface area contributed by atoms with E-state index in [-0.39, 0.29) is 12.5 Å². The number of amidine groups is 1. The van der Waals surface area contributed by atoms with E-state index in [4.69, 9.17) is 25.2 Å². The highest BCUT2D eigenvalue weighted by molar-refractivity contribution is 6.41. The topological polar surface area (TPSA) is 69.2 Å². The molecule has 29 heavy (non-hydrogen) atoms. The monoisotopic (exact) mass is 411 g/mol. The summed E-state index contributed by atoms with van der Waals surface area (Å²) >= 11 is 0. The van der Waals surface area contributed by atoms with Gasteiger partial charge in [-0.25, -0.2) is 4.99 Å². The molecule has 1 aliphatic carbocycles. The summed E-state index contributed by atoms with van der Waals surface area (Å²) in [5.74, 6) is 1.02. The number of hydrogen-bond acceptors (Lipinski definition) is 5. The first-order valence-electron chi connectivity index (χ1n) is 10.0. The minimum atomic E-state index is -2.76. The summed E-state index contributed by atoms with van der Waals surface area (Å²) in [6, 6.07) is 5.67. The van der Waals surface area contributed by atoms with E-state index < -0.39 is 25.1 Å². The molecule has 1 aromatic carbocycles. The van der Waals surface area contributed by atoms with E-state index in [1.54, 1.807) is 0 Å². The maximum Gasteiger partial charge on any atom is 0.345 e. The number of alkyl halides is 3. The van der Waals surface area contributed by atoms with Crippen LogP contribution in [0.5, 0.6) is 5.75 Å². The van der Waals surface area contributed by atoms with Crippen molar-refractivity contribution in [2.45, 2.75) is 64.3 Å². The zero-order valence-electron chi connectivity index (χ0n) is 16.8. The molecule has 1 aliphatic heterocycles. The molecule has 8 heteroatoms. The lowest BCUT2D eigenvalue weighted by Gasteiger charge is -2.38. The quantitative estimate of drug-likeness (QED) is 0.640. The molecule has 2 aliphatic rings. The number of nitrogens with zero attached hydrogens (tertiary/aromatic N) is 2. The van der Waals surface area contributed by atoms with Crippen molar-refractivity contribution in [3.8, 4) is 5.75 Å². The fourth-order valence-corrected chi connectivity index (χ4v) is 4.20. The second-order valence-electron chi connectivity index (χ2n) is 7.66. The molecule has 0 spiro atoms. The largest absolute Gasteiger partial charge is 0.493 e. The predicted octanol–water partition coefficient (Wildman–Crippen LogP) is 4.52. The average molecular weight is 411 g/mol. The van der Waals surface area contributed by atoms with Crippen LogP contribution in [0.2, 0.25) is 0 Å². The van der Waals surface area contributed by atoms with Gasteiger partial charge in [0.2, 0.25) is 0 Å². The maximum absolute atomic E-state index is 12.6. The van der Waals surface area contributed by atoms with Gasteiger partial charge >= 0.3 is 6.61 Å². The number of ether oxygens (including phenoxy) is 2. The third-order valence-electron chi connectivity index (χ3n) is 5.69. The van der Waals surface area contributed by atoms with Crippen molar-refractivity contribution < 1.29 is 22.6 Å². The highest BCUT2D eigenvalue weighted by atomic mass is 19.3. The van der Waals surface area contributed by atoms with E-state index in [1.165, 1.54) is 0 Å². The molecule has 0 aromatic heterocycles. The minimum Gasteiger partial charge on any atom is -0.493 e. The van der Waals surface area contributed by atoms with Crippen LogP contribution in [-0.4, -0.2) is 37.5 Å². The molecule has 1 heterocycles. The molecule has 160 valence electrons. The van der Waals surface area contributed by atoms with Gasteiger partial charge in [-0.1, -0.05) is 6.07 Å². The van der Waals surface area contributed by atoms with Crippen LogP contribution in [-0.2, 0) is 10.4 Å². The van der Waals surface area contributed by atoms with Crippen LogP contribution in [0.3, 0.4) is 0 Å². The summed E-state index contributed by atoms with van der Waals surface area (Å²) in [6.07, 6.45) is 2.21. The van der Waals surface area contributed by atoms with Crippen molar-refractivity contribution in [2.75, 3.05) is 13.3 Å². The third-order valence-corrected chi connectivity index (χ3v) is 5.69. The van der Waals surface area contributed by atoms with E-state index in [2.05, 4.69) is 0 Å². The Kier molecular flexibility index (Phi) is 6.82. The molecule has 0 bridgehead atoms. The second-order valence-corrected chi connectivity index (χ2v) is 7.66. The molecular weight excluding hydrogens is 383 g/mol. The zero-order valence-corrected chi connectivity index (χ0v) is 16.8. The fraction of sp³-hybridized carbons (Fsp3) is 0.619. The molecule has 1 aromatic rings. The lowest BCUT2D eigenvalue weighted by molar-refractivity contribution is -0.172. The van der Waals surface area contributed by atoms with Crippen molar-refractivity contribution in [1.29, 1.82) is 0 Å². The standard InChI is InChI=1S/C21H28F3N3O2/c1-13-4-7-17(28-11-3-10-22)12-18(13)21(26-14(2)19(25)27-21)15-5-8-16(9-6-15)29-20(23)24/h4,7,12,15-16,20H,3,5-6,8-11H2,1-2H3,(H2,25,27)/t15?,16?,21-/m1/s1. The normalized spacial score (nSPS) is 27.1.